The average Bonchev–Trinajstić information content (AvgIpc) is 2.25. The van der Waals surface area contributed by atoms with Crippen LogP contribution in [0, 0.1) is 0 Å². The number of nitrogens with two attached hydrogens (primary N) is 1. The van der Waals surface area contributed by atoms with Gasteiger partial charge in [-0.3, -0.25) is 0 Å². The summed E-state index contributed by atoms with van der Waals surface area (Å²) in [5.74, 6) is 0. The Kier molecular flexibility index (Phi) is 6.53. The van der Waals surface area contributed by atoms with Gasteiger partial charge in [0.05, 0.1) is 12.8 Å². The molecule has 0 heterocycles. The van der Waals surface area contributed by atoms with Crippen molar-refractivity contribution in [2.24, 2.45) is 10.8 Å². The van der Waals surface area contributed by atoms with Gasteiger partial charge in [0.15, 0.2) is 0 Å². The molecular formula is C7H15N3O6. The molecule has 94 valence electrons. The summed E-state index contributed by atoms with van der Waals surface area (Å²) in [5, 5.41) is 48.2. The second kappa shape index (κ2) is 7.09. The van der Waals surface area contributed by atoms with E-state index < -0.39 is 37.1 Å². The highest BCUT2D eigenvalue weighted by atomic mass is 16.4. The maximum atomic E-state index is 10.2. The third-order valence-corrected chi connectivity index (χ3v) is 1.68. The monoisotopic (exact) mass is 237 g/mol. The Labute approximate surface area is 90.8 Å². The summed E-state index contributed by atoms with van der Waals surface area (Å²) in [4.78, 5) is 10.2. The quantitative estimate of drug-likeness (QED) is 0.184. The van der Waals surface area contributed by atoms with Crippen LogP contribution in [0.3, 0.4) is 0 Å². The summed E-state index contributed by atoms with van der Waals surface area (Å²) in [6.45, 7) is -0.776. The highest BCUT2D eigenvalue weighted by molar-refractivity contribution is 5.73. The molecular weight excluding hydrogens is 222 g/mol. The normalized spacial score (nSPS) is 19.1. The van der Waals surface area contributed by atoms with Gasteiger partial charge in [-0.2, -0.15) is 5.10 Å². The van der Waals surface area contributed by atoms with Crippen molar-refractivity contribution in [2.45, 2.75) is 24.4 Å². The van der Waals surface area contributed by atoms with Crippen molar-refractivity contribution in [2.75, 3.05) is 6.61 Å². The molecule has 0 aromatic carbocycles. The third-order valence-electron chi connectivity index (χ3n) is 1.68. The summed E-state index contributed by atoms with van der Waals surface area (Å²) in [7, 11) is 0. The molecule has 9 nitrogen and oxygen atoms in total. The molecule has 0 saturated carbocycles. The van der Waals surface area contributed by atoms with Gasteiger partial charge in [0.25, 0.3) is 0 Å². The van der Waals surface area contributed by atoms with Crippen LogP contribution in [0.1, 0.15) is 0 Å². The number of primary amides is 1. The second-order valence-electron chi connectivity index (χ2n) is 2.98. The summed E-state index contributed by atoms with van der Waals surface area (Å²) in [6, 6.07) is -0.964. The number of urea groups is 1. The number of aliphatic hydroxyl groups is 5. The minimum atomic E-state index is -1.76. The number of rotatable bonds is 6. The molecule has 0 aliphatic rings. The van der Waals surface area contributed by atoms with Gasteiger partial charge in [0.2, 0.25) is 0 Å². The molecule has 0 aromatic rings. The Morgan fingerprint density at radius 1 is 1.31 bits per heavy atom. The molecule has 4 atom stereocenters. The fourth-order valence-corrected chi connectivity index (χ4v) is 0.803. The van der Waals surface area contributed by atoms with E-state index in [9.17, 15) is 20.1 Å². The van der Waals surface area contributed by atoms with Crippen LogP contribution in [-0.4, -0.2) is 68.8 Å². The molecule has 0 unspecified atom stereocenters. The lowest BCUT2D eigenvalue weighted by Crippen LogP contribution is -2.46. The van der Waals surface area contributed by atoms with Gasteiger partial charge in [-0.15, -0.1) is 0 Å². The van der Waals surface area contributed by atoms with Crippen LogP contribution in [0.15, 0.2) is 5.10 Å². The zero-order chi connectivity index (χ0) is 12.7. The van der Waals surface area contributed by atoms with E-state index in [0.29, 0.717) is 6.21 Å². The molecule has 0 bridgehead atoms. The zero-order valence-corrected chi connectivity index (χ0v) is 8.26. The van der Waals surface area contributed by atoms with E-state index in [4.69, 9.17) is 10.2 Å². The molecule has 0 saturated heterocycles. The number of carbonyl (C=O) groups is 1. The molecule has 16 heavy (non-hydrogen) atoms. The highest BCUT2D eigenvalue weighted by Crippen LogP contribution is 2.03. The number of carbonyl (C=O) groups excluding carboxylic acids is 1. The van der Waals surface area contributed by atoms with Crippen molar-refractivity contribution in [1.29, 1.82) is 0 Å². The fraction of sp³-hybridized carbons (Fsp3) is 0.714. The Bertz CT molecular complexity index is 248. The van der Waals surface area contributed by atoms with E-state index in [1.54, 1.807) is 5.43 Å². The van der Waals surface area contributed by atoms with Crippen LogP contribution in [-0.2, 0) is 0 Å². The van der Waals surface area contributed by atoms with Gasteiger partial charge in [-0.05, 0) is 0 Å². The van der Waals surface area contributed by atoms with Crippen LogP contribution in [0.2, 0.25) is 0 Å². The van der Waals surface area contributed by atoms with Crippen LogP contribution in [0.25, 0.3) is 0 Å². The van der Waals surface area contributed by atoms with Crippen LogP contribution < -0.4 is 11.2 Å². The van der Waals surface area contributed by atoms with Crippen molar-refractivity contribution in [3.8, 4) is 0 Å². The first-order valence-corrected chi connectivity index (χ1v) is 4.32. The molecule has 0 fully saturated rings. The number of nitrogens with one attached hydrogen (secondary N) is 1. The molecule has 0 spiro atoms. The summed E-state index contributed by atoms with van der Waals surface area (Å²) in [6.07, 6.45) is -6.03. The summed E-state index contributed by atoms with van der Waals surface area (Å²) in [5.41, 5.74) is 6.41. The van der Waals surface area contributed by atoms with E-state index in [0.717, 1.165) is 0 Å². The van der Waals surface area contributed by atoms with Crippen molar-refractivity contribution in [3.63, 3.8) is 0 Å². The van der Waals surface area contributed by atoms with E-state index in [1.165, 1.54) is 0 Å². The predicted molar refractivity (Wildman–Crippen MR) is 52.3 cm³/mol. The topological polar surface area (TPSA) is 169 Å². The lowest BCUT2D eigenvalue weighted by atomic mass is 10.0. The predicted octanol–water partition coefficient (Wildman–Crippen LogP) is -3.92. The first-order chi connectivity index (χ1) is 7.40. The van der Waals surface area contributed by atoms with Gasteiger partial charge in [-0.1, -0.05) is 0 Å². The standard InChI is InChI=1S/C7H15N3O6/c8-7(16)10-9-1-3(12)5(14)6(15)4(13)2-11/h1,3-6,11-15H,2H2,(H3,8,10,16)/b9-1-/t3-,4-,5-,6+/m1/s1. The first kappa shape index (κ1) is 14.7. The van der Waals surface area contributed by atoms with Gasteiger partial charge < -0.3 is 31.3 Å². The number of hydrogen-bond donors (Lipinski definition) is 7. The largest absolute Gasteiger partial charge is 0.394 e. The average molecular weight is 237 g/mol. The molecule has 0 radical (unpaired) electrons. The maximum absolute atomic E-state index is 10.2. The minimum Gasteiger partial charge on any atom is -0.394 e. The van der Waals surface area contributed by atoms with E-state index >= 15 is 0 Å². The molecule has 8 N–H and O–H groups in total. The van der Waals surface area contributed by atoms with Gasteiger partial charge >= 0.3 is 6.03 Å². The minimum absolute atomic E-state index is 0.711. The number of amides is 2. The number of hydrazone groups is 1. The fourth-order valence-electron chi connectivity index (χ4n) is 0.803. The van der Waals surface area contributed by atoms with Gasteiger partial charge in [0.1, 0.15) is 24.4 Å². The van der Waals surface area contributed by atoms with Crippen LogP contribution >= 0.6 is 0 Å². The van der Waals surface area contributed by atoms with Crippen molar-refractivity contribution < 1.29 is 30.3 Å². The van der Waals surface area contributed by atoms with E-state index in [2.05, 4.69) is 10.8 Å². The number of aliphatic hydroxyl groups excluding tert-OH is 5. The van der Waals surface area contributed by atoms with Crippen molar-refractivity contribution in [3.05, 3.63) is 0 Å². The lowest BCUT2D eigenvalue weighted by Gasteiger charge is -2.23. The Balaban J connectivity index is 4.21. The van der Waals surface area contributed by atoms with Crippen LogP contribution in [0.4, 0.5) is 4.79 Å². The van der Waals surface area contributed by atoms with E-state index in [-0.39, 0.29) is 0 Å². The first-order valence-electron chi connectivity index (χ1n) is 4.32. The zero-order valence-electron chi connectivity index (χ0n) is 8.26. The third kappa shape index (κ3) is 5.00. The summed E-state index contributed by atoms with van der Waals surface area (Å²) >= 11 is 0. The van der Waals surface area contributed by atoms with E-state index in [1.807, 2.05) is 0 Å². The smallest absolute Gasteiger partial charge is 0.332 e. The lowest BCUT2D eigenvalue weighted by molar-refractivity contribution is -0.0999. The van der Waals surface area contributed by atoms with Crippen molar-refractivity contribution in [1.82, 2.24) is 5.43 Å². The van der Waals surface area contributed by atoms with Gasteiger partial charge in [0, 0.05) is 0 Å². The SMILES string of the molecule is NC(=O)N/N=C\[C@@H](O)[C@@H](O)[C@@H](O)[C@H](O)CO. The molecule has 0 aliphatic heterocycles. The molecule has 0 aromatic heterocycles. The Morgan fingerprint density at radius 3 is 2.31 bits per heavy atom. The number of nitrogens with zero attached hydrogens (tertiary/aromatic N) is 1. The van der Waals surface area contributed by atoms with Gasteiger partial charge in [-0.25, -0.2) is 10.2 Å². The Morgan fingerprint density at radius 2 is 1.88 bits per heavy atom. The molecule has 9 heteroatoms. The second-order valence-corrected chi connectivity index (χ2v) is 2.98. The maximum Gasteiger partial charge on any atom is 0.332 e. The Hall–Kier alpha value is -1.26. The van der Waals surface area contributed by atoms with Crippen LogP contribution in [0.5, 0.6) is 0 Å². The number of hydrogen-bond acceptors (Lipinski definition) is 7. The molecule has 2 amide bonds. The molecule has 0 rings (SSSR count). The summed E-state index contributed by atoms with van der Waals surface area (Å²) < 4.78 is 0. The molecule has 0 aliphatic carbocycles. The highest BCUT2D eigenvalue weighted by Gasteiger charge is 2.29. The van der Waals surface area contributed by atoms with Crippen molar-refractivity contribution >= 4 is 12.2 Å².